The van der Waals surface area contributed by atoms with Crippen molar-refractivity contribution in [1.82, 2.24) is 20.3 Å². The van der Waals surface area contributed by atoms with Crippen LogP contribution in [0.1, 0.15) is 23.9 Å². The van der Waals surface area contributed by atoms with Crippen LogP contribution in [0.2, 0.25) is 0 Å². The molecule has 0 radical (unpaired) electrons. The smallest absolute Gasteiger partial charge is 0.126 e. The molecule has 1 aliphatic heterocycles. The number of hydrogen-bond donors (Lipinski definition) is 1. The molecule has 3 heterocycles. The van der Waals surface area contributed by atoms with Gasteiger partial charge in [0.05, 0.1) is 5.69 Å². The fourth-order valence-corrected chi connectivity index (χ4v) is 2.37. The Balaban J connectivity index is 2.00. The normalized spacial score (nSPS) is 19.1. The van der Waals surface area contributed by atoms with Crippen molar-refractivity contribution in [3.05, 3.63) is 42.1 Å². The minimum atomic E-state index is 0.516. The molecule has 1 unspecified atom stereocenters. The van der Waals surface area contributed by atoms with Crippen molar-refractivity contribution in [3.63, 3.8) is 0 Å². The molecule has 4 heteroatoms. The fraction of sp³-hybridized carbons (Fsp3) is 0.357. The van der Waals surface area contributed by atoms with E-state index in [0.29, 0.717) is 5.92 Å². The maximum absolute atomic E-state index is 4.57. The summed E-state index contributed by atoms with van der Waals surface area (Å²) >= 11 is 0. The molecule has 2 aromatic rings. The molecule has 4 nitrogen and oxygen atoms in total. The number of nitrogens with zero attached hydrogens (tertiary/aromatic N) is 3. The number of nitrogens with one attached hydrogen (secondary N) is 1. The first-order valence-corrected chi connectivity index (χ1v) is 6.29. The first kappa shape index (κ1) is 11.3. The number of hydrogen-bond acceptors (Lipinski definition) is 4. The summed E-state index contributed by atoms with van der Waals surface area (Å²) in [6, 6.07) is 6.07. The highest BCUT2D eigenvalue weighted by atomic mass is 14.9. The highest BCUT2D eigenvalue weighted by Gasteiger charge is 2.19. The minimum Gasteiger partial charge on any atom is -0.316 e. The Hall–Kier alpha value is -1.81. The summed E-state index contributed by atoms with van der Waals surface area (Å²) in [6.07, 6.45) is 4.78. The van der Waals surface area contributed by atoms with E-state index < -0.39 is 0 Å². The molecule has 0 aromatic carbocycles. The summed E-state index contributed by atoms with van der Waals surface area (Å²) in [6.45, 7) is 4.05. The summed E-state index contributed by atoms with van der Waals surface area (Å²) in [5, 5.41) is 3.38. The second-order valence-electron chi connectivity index (χ2n) is 4.66. The van der Waals surface area contributed by atoms with Crippen LogP contribution in [0.15, 0.2) is 30.6 Å². The summed E-state index contributed by atoms with van der Waals surface area (Å²) in [4.78, 5) is 13.2. The predicted octanol–water partition coefficient (Wildman–Crippen LogP) is 1.92. The number of aromatic nitrogens is 3. The summed E-state index contributed by atoms with van der Waals surface area (Å²) < 4.78 is 0. The van der Waals surface area contributed by atoms with Gasteiger partial charge in [-0.1, -0.05) is 0 Å². The second kappa shape index (κ2) is 4.82. The van der Waals surface area contributed by atoms with Crippen LogP contribution in [0.3, 0.4) is 0 Å². The van der Waals surface area contributed by atoms with Gasteiger partial charge in [0.2, 0.25) is 0 Å². The molecule has 1 aliphatic rings. The second-order valence-corrected chi connectivity index (χ2v) is 4.66. The van der Waals surface area contributed by atoms with Gasteiger partial charge in [-0.2, -0.15) is 0 Å². The maximum Gasteiger partial charge on any atom is 0.126 e. The van der Waals surface area contributed by atoms with Crippen molar-refractivity contribution in [2.75, 3.05) is 13.1 Å². The predicted molar refractivity (Wildman–Crippen MR) is 70.2 cm³/mol. The molecule has 0 saturated carbocycles. The third-order valence-electron chi connectivity index (χ3n) is 3.29. The summed E-state index contributed by atoms with van der Waals surface area (Å²) in [7, 11) is 0. The zero-order chi connectivity index (χ0) is 12.4. The first-order valence-electron chi connectivity index (χ1n) is 6.29. The first-order chi connectivity index (χ1) is 8.83. The highest BCUT2D eigenvalue weighted by Crippen LogP contribution is 2.24. The zero-order valence-corrected chi connectivity index (χ0v) is 10.4. The molecule has 92 valence electrons. The van der Waals surface area contributed by atoms with Crippen molar-refractivity contribution < 1.29 is 0 Å². The van der Waals surface area contributed by atoms with Gasteiger partial charge in [0.1, 0.15) is 5.82 Å². The lowest BCUT2D eigenvalue weighted by molar-refractivity contribution is 0.725. The Morgan fingerprint density at radius 1 is 1.33 bits per heavy atom. The van der Waals surface area contributed by atoms with Gasteiger partial charge < -0.3 is 5.32 Å². The lowest BCUT2D eigenvalue weighted by atomic mass is 10.0. The topological polar surface area (TPSA) is 50.7 Å². The standard InChI is InChI=1S/C14H16N4/c1-10-17-13(11-3-2-5-15-8-11)7-14(18-10)12-4-6-16-9-12/h2-3,5,7-8,12,16H,4,6,9H2,1H3. The van der Waals surface area contributed by atoms with Crippen LogP contribution in [0.25, 0.3) is 11.3 Å². The van der Waals surface area contributed by atoms with E-state index in [1.165, 1.54) is 0 Å². The minimum absolute atomic E-state index is 0.516. The van der Waals surface area contributed by atoms with Crippen LogP contribution >= 0.6 is 0 Å². The molecule has 1 N–H and O–H groups in total. The highest BCUT2D eigenvalue weighted by molar-refractivity contribution is 5.58. The van der Waals surface area contributed by atoms with Gasteiger partial charge in [-0.15, -0.1) is 0 Å². The SMILES string of the molecule is Cc1nc(-c2cccnc2)cc(C2CCNC2)n1. The Labute approximate surface area is 107 Å². The third-order valence-corrected chi connectivity index (χ3v) is 3.29. The molecule has 1 fully saturated rings. The number of pyridine rings is 1. The van der Waals surface area contributed by atoms with E-state index in [1.54, 1.807) is 6.20 Å². The van der Waals surface area contributed by atoms with Crippen molar-refractivity contribution in [2.45, 2.75) is 19.3 Å². The number of rotatable bonds is 2. The molecule has 2 aromatic heterocycles. The lowest BCUT2D eigenvalue weighted by Crippen LogP contribution is -2.10. The summed E-state index contributed by atoms with van der Waals surface area (Å²) in [5.41, 5.74) is 3.17. The van der Waals surface area contributed by atoms with Crippen molar-refractivity contribution in [2.24, 2.45) is 0 Å². The van der Waals surface area contributed by atoms with E-state index in [4.69, 9.17) is 0 Å². The van der Waals surface area contributed by atoms with Crippen LogP contribution in [0.5, 0.6) is 0 Å². The lowest BCUT2D eigenvalue weighted by Gasteiger charge is -2.10. The monoisotopic (exact) mass is 240 g/mol. The van der Waals surface area contributed by atoms with Crippen LogP contribution in [0, 0.1) is 6.92 Å². The molecule has 1 saturated heterocycles. The van der Waals surface area contributed by atoms with E-state index in [1.807, 2.05) is 25.3 Å². The van der Waals surface area contributed by atoms with Gasteiger partial charge in [0, 0.05) is 36.1 Å². The van der Waals surface area contributed by atoms with Crippen LogP contribution in [-0.4, -0.2) is 28.0 Å². The maximum atomic E-state index is 4.57. The van der Waals surface area contributed by atoms with E-state index in [2.05, 4.69) is 26.3 Å². The molecular formula is C14H16N4. The van der Waals surface area contributed by atoms with Crippen molar-refractivity contribution >= 4 is 0 Å². The molecule has 0 spiro atoms. The van der Waals surface area contributed by atoms with E-state index in [-0.39, 0.29) is 0 Å². The van der Waals surface area contributed by atoms with E-state index >= 15 is 0 Å². The average molecular weight is 240 g/mol. The zero-order valence-electron chi connectivity index (χ0n) is 10.4. The average Bonchev–Trinajstić information content (AvgIpc) is 2.93. The van der Waals surface area contributed by atoms with E-state index in [0.717, 1.165) is 42.3 Å². The van der Waals surface area contributed by atoms with Crippen LogP contribution in [0.4, 0.5) is 0 Å². The van der Waals surface area contributed by atoms with Gasteiger partial charge in [-0.05, 0) is 38.1 Å². The Morgan fingerprint density at radius 2 is 2.28 bits per heavy atom. The van der Waals surface area contributed by atoms with Crippen molar-refractivity contribution in [1.29, 1.82) is 0 Å². The van der Waals surface area contributed by atoms with Crippen molar-refractivity contribution in [3.8, 4) is 11.3 Å². The molecule has 18 heavy (non-hydrogen) atoms. The fourth-order valence-electron chi connectivity index (χ4n) is 2.37. The quantitative estimate of drug-likeness (QED) is 0.871. The Bertz CT molecular complexity index is 533. The van der Waals surface area contributed by atoms with Gasteiger partial charge in [-0.25, -0.2) is 9.97 Å². The third kappa shape index (κ3) is 2.24. The largest absolute Gasteiger partial charge is 0.316 e. The van der Waals surface area contributed by atoms with Gasteiger partial charge >= 0.3 is 0 Å². The molecule has 1 atom stereocenters. The molecule has 0 aliphatic carbocycles. The van der Waals surface area contributed by atoms with Gasteiger partial charge in [0.15, 0.2) is 0 Å². The molecule has 0 amide bonds. The molecule has 3 rings (SSSR count). The Morgan fingerprint density at radius 3 is 3.00 bits per heavy atom. The van der Waals surface area contributed by atoms with Gasteiger partial charge in [-0.3, -0.25) is 4.98 Å². The van der Waals surface area contributed by atoms with Crippen LogP contribution in [-0.2, 0) is 0 Å². The van der Waals surface area contributed by atoms with Crippen LogP contribution < -0.4 is 5.32 Å². The number of aryl methyl sites for hydroxylation is 1. The molecular weight excluding hydrogens is 224 g/mol. The molecule has 0 bridgehead atoms. The van der Waals surface area contributed by atoms with Gasteiger partial charge in [0.25, 0.3) is 0 Å². The van der Waals surface area contributed by atoms with E-state index in [9.17, 15) is 0 Å². The summed E-state index contributed by atoms with van der Waals surface area (Å²) in [5.74, 6) is 1.35. The Kier molecular flexibility index (Phi) is 3.02.